The zero-order valence-corrected chi connectivity index (χ0v) is 18.4. The van der Waals surface area contributed by atoms with E-state index in [0.717, 1.165) is 47.8 Å². The maximum atomic E-state index is 13.0. The number of amides is 1. The molecule has 4 heterocycles. The van der Waals surface area contributed by atoms with Gasteiger partial charge in [0.05, 0.1) is 6.33 Å². The summed E-state index contributed by atoms with van der Waals surface area (Å²) < 4.78 is 3.66. The third kappa shape index (κ3) is 4.29. The Morgan fingerprint density at radius 1 is 1.16 bits per heavy atom. The van der Waals surface area contributed by atoms with E-state index in [0.29, 0.717) is 19.0 Å². The van der Waals surface area contributed by atoms with Gasteiger partial charge in [-0.2, -0.15) is 5.10 Å². The van der Waals surface area contributed by atoms with Crippen molar-refractivity contribution in [1.82, 2.24) is 29.2 Å². The van der Waals surface area contributed by atoms with Crippen molar-refractivity contribution < 1.29 is 4.79 Å². The van der Waals surface area contributed by atoms with Crippen LogP contribution in [0.3, 0.4) is 0 Å². The molecule has 32 heavy (non-hydrogen) atoms. The molecule has 1 fully saturated rings. The van der Waals surface area contributed by atoms with Crippen LogP contribution in [0.5, 0.6) is 0 Å². The number of benzene rings is 1. The lowest BCUT2D eigenvalue weighted by Gasteiger charge is -2.32. The lowest BCUT2D eigenvalue weighted by molar-refractivity contribution is 0.0689. The third-order valence-corrected chi connectivity index (χ3v) is 6.82. The highest BCUT2D eigenvalue weighted by molar-refractivity contribution is 7.12. The van der Waals surface area contributed by atoms with Crippen molar-refractivity contribution in [2.75, 3.05) is 13.1 Å². The summed E-state index contributed by atoms with van der Waals surface area (Å²) in [4.78, 5) is 31.1. The Morgan fingerprint density at radius 2 is 1.97 bits per heavy atom. The molecule has 3 aromatic heterocycles. The zero-order chi connectivity index (χ0) is 21.9. The monoisotopic (exact) mass is 448 g/mol. The summed E-state index contributed by atoms with van der Waals surface area (Å²) in [6.07, 6.45) is 7.99. The van der Waals surface area contributed by atoms with Crippen LogP contribution >= 0.6 is 11.3 Å². The Bertz CT molecular complexity index is 1220. The van der Waals surface area contributed by atoms with Crippen molar-refractivity contribution in [2.24, 2.45) is 5.92 Å². The maximum Gasteiger partial charge on any atom is 0.348 e. The first-order valence-corrected chi connectivity index (χ1v) is 11.6. The molecule has 0 unspecified atom stereocenters. The number of hydrogen-bond acceptors (Lipinski definition) is 5. The van der Waals surface area contributed by atoms with Crippen LogP contribution < -0.4 is 5.69 Å². The molecule has 0 saturated carbocycles. The second-order valence-corrected chi connectivity index (χ2v) is 9.03. The van der Waals surface area contributed by atoms with Crippen LogP contribution in [0.25, 0.3) is 5.00 Å². The van der Waals surface area contributed by atoms with Crippen LogP contribution in [0.15, 0.2) is 65.3 Å². The number of hydrogen-bond donors (Lipinski definition) is 1. The summed E-state index contributed by atoms with van der Waals surface area (Å²) in [7, 11) is 0. The highest BCUT2D eigenvalue weighted by Gasteiger charge is 2.25. The number of nitrogens with zero attached hydrogens (tertiary/aromatic N) is 5. The lowest BCUT2D eigenvalue weighted by Crippen LogP contribution is -2.39. The summed E-state index contributed by atoms with van der Waals surface area (Å²) in [6.45, 7) is 2.17. The predicted molar refractivity (Wildman–Crippen MR) is 122 cm³/mol. The van der Waals surface area contributed by atoms with E-state index in [1.165, 1.54) is 11.3 Å². The van der Waals surface area contributed by atoms with Gasteiger partial charge in [-0.15, -0.1) is 11.3 Å². The second kappa shape index (κ2) is 8.96. The fourth-order valence-corrected chi connectivity index (χ4v) is 4.96. The van der Waals surface area contributed by atoms with Crippen LogP contribution in [0.4, 0.5) is 0 Å². The van der Waals surface area contributed by atoms with Crippen LogP contribution in [0.2, 0.25) is 0 Å². The number of carbonyl (C=O) groups excluding carboxylic acids is 1. The highest BCUT2D eigenvalue weighted by Crippen LogP contribution is 2.24. The van der Waals surface area contributed by atoms with E-state index in [1.807, 2.05) is 57.4 Å². The Balaban J connectivity index is 1.18. The number of rotatable bonds is 6. The first kappa shape index (κ1) is 20.4. The van der Waals surface area contributed by atoms with E-state index in [4.69, 9.17) is 0 Å². The maximum absolute atomic E-state index is 13.0. The molecule has 0 radical (unpaired) electrons. The molecule has 1 aromatic carbocycles. The van der Waals surface area contributed by atoms with Gasteiger partial charge in [-0.05, 0) is 54.0 Å². The fourth-order valence-electron chi connectivity index (χ4n) is 4.22. The molecule has 0 atom stereocenters. The lowest BCUT2D eigenvalue weighted by atomic mass is 9.93. The molecule has 9 heteroatoms. The van der Waals surface area contributed by atoms with Crippen LogP contribution in [-0.2, 0) is 13.0 Å². The smallest absolute Gasteiger partial charge is 0.339 e. The van der Waals surface area contributed by atoms with E-state index >= 15 is 0 Å². The Morgan fingerprint density at radius 3 is 2.66 bits per heavy atom. The van der Waals surface area contributed by atoms with Crippen molar-refractivity contribution in [2.45, 2.75) is 25.8 Å². The summed E-state index contributed by atoms with van der Waals surface area (Å²) >= 11 is 1.52. The second-order valence-electron chi connectivity index (χ2n) is 8.10. The van der Waals surface area contributed by atoms with E-state index < -0.39 is 0 Å². The van der Waals surface area contributed by atoms with Gasteiger partial charge in [-0.1, -0.05) is 12.1 Å². The Kier molecular flexibility index (Phi) is 5.72. The van der Waals surface area contributed by atoms with Gasteiger partial charge in [-0.3, -0.25) is 4.79 Å². The molecule has 0 spiro atoms. The van der Waals surface area contributed by atoms with E-state index in [2.05, 4.69) is 15.2 Å². The van der Waals surface area contributed by atoms with Gasteiger partial charge in [0, 0.05) is 44.0 Å². The molecule has 1 aliphatic rings. The van der Waals surface area contributed by atoms with Crippen molar-refractivity contribution in [3.63, 3.8) is 0 Å². The number of carbonyl (C=O) groups is 1. The number of aromatic amines is 1. The van der Waals surface area contributed by atoms with E-state index in [9.17, 15) is 9.59 Å². The van der Waals surface area contributed by atoms with Crippen molar-refractivity contribution in [1.29, 1.82) is 0 Å². The van der Waals surface area contributed by atoms with Crippen LogP contribution in [-0.4, -0.2) is 48.2 Å². The predicted octanol–water partition coefficient (Wildman–Crippen LogP) is 2.96. The first-order chi connectivity index (χ1) is 15.7. The first-order valence-electron chi connectivity index (χ1n) is 10.7. The number of piperidine rings is 1. The number of nitrogens with one attached hydrogen (secondary N) is 1. The fraction of sp³-hybridized carbons (Fsp3) is 0.304. The number of aromatic nitrogens is 5. The van der Waals surface area contributed by atoms with E-state index in [1.54, 1.807) is 17.1 Å². The molecule has 1 amide bonds. The molecule has 0 aliphatic carbocycles. The third-order valence-electron chi connectivity index (χ3n) is 5.97. The largest absolute Gasteiger partial charge is 0.348 e. The average molecular weight is 449 g/mol. The van der Waals surface area contributed by atoms with Crippen molar-refractivity contribution in [3.8, 4) is 5.00 Å². The summed E-state index contributed by atoms with van der Waals surface area (Å²) in [5.41, 5.74) is 1.65. The van der Waals surface area contributed by atoms with E-state index in [-0.39, 0.29) is 11.6 Å². The van der Waals surface area contributed by atoms with Crippen LogP contribution in [0.1, 0.15) is 34.6 Å². The van der Waals surface area contributed by atoms with Gasteiger partial charge >= 0.3 is 5.69 Å². The molecule has 8 nitrogen and oxygen atoms in total. The summed E-state index contributed by atoms with van der Waals surface area (Å²) in [5, 5.41) is 9.65. The highest BCUT2D eigenvalue weighted by atomic mass is 32.1. The number of thiophene rings is 1. The minimum absolute atomic E-state index is 0.0768. The molecule has 4 aromatic rings. The quantitative estimate of drug-likeness (QED) is 0.491. The molecule has 5 rings (SSSR count). The molecule has 1 aliphatic heterocycles. The average Bonchev–Trinajstić information content (AvgIpc) is 3.58. The normalized spacial score (nSPS) is 14.7. The van der Waals surface area contributed by atoms with Gasteiger partial charge < -0.3 is 9.47 Å². The summed E-state index contributed by atoms with van der Waals surface area (Å²) in [6, 6.07) is 11.7. The Hall–Kier alpha value is -3.46. The molecule has 164 valence electrons. The van der Waals surface area contributed by atoms with Gasteiger partial charge in [0.2, 0.25) is 0 Å². The van der Waals surface area contributed by atoms with Gasteiger partial charge in [0.1, 0.15) is 10.8 Å². The SMILES string of the molecule is O=C(c1ccc(Cn2ccnc2)cc1)N1CCC(Cc2n[nH]c(=O)n2-c2cccs2)CC1. The summed E-state index contributed by atoms with van der Waals surface area (Å²) in [5.74, 6) is 1.23. The number of likely N-dealkylation sites (tertiary alicyclic amines) is 1. The molecule has 1 N–H and O–H groups in total. The topological polar surface area (TPSA) is 88.8 Å². The molecular formula is C23H24N6O2S. The molecule has 1 saturated heterocycles. The van der Waals surface area contributed by atoms with Crippen LogP contribution in [0, 0.1) is 5.92 Å². The molecular weight excluding hydrogens is 424 g/mol. The standard InChI is InChI=1S/C23H24N6O2S/c30-22(19-5-3-18(4-6-19)15-27-12-9-24-16-27)28-10-7-17(8-11-28)14-20-25-26-23(31)29(20)21-2-1-13-32-21/h1-6,9,12-13,16-17H,7-8,10-11,14-15H2,(H,26,31). The minimum Gasteiger partial charge on any atom is -0.339 e. The van der Waals surface area contributed by atoms with Crippen molar-refractivity contribution in [3.05, 3.63) is 87.9 Å². The van der Waals surface area contributed by atoms with Gasteiger partial charge in [0.25, 0.3) is 5.91 Å². The van der Waals surface area contributed by atoms with Gasteiger partial charge in [0.15, 0.2) is 0 Å². The van der Waals surface area contributed by atoms with Gasteiger partial charge in [-0.25, -0.2) is 19.4 Å². The molecule has 0 bridgehead atoms. The zero-order valence-electron chi connectivity index (χ0n) is 17.6. The minimum atomic E-state index is -0.202. The number of imidazole rings is 1. The Labute approximate surface area is 189 Å². The van der Waals surface area contributed by atoms with Crippen molar-refractivity contribution >= 4 is 17.2 Å². The number of H-pyrrole nitrogens is 1.